The Morgan fingerprint density at radius 1 is 1.40 bits per heavy atom. The summed E-state index contributed by atoms with van der Waals surface area (Å²) in [5.74, 6) is 0.720. The summed E-state index contributed by atoms with van der Waals surface area (Å²) in [6.45, 7) is 1.75. The Hall–Kier alpha value is -1.50. The molecule has 2 N–H and O–H groups in total. The van der Waals surface area contributed by atoms with Crippen molar-refractivity contribution in [1.29, 1.82) is 0 Å². The molecular weight excluding hydrogens is 284 g/mol. The topological polar surface area (TPSA) is 68.8 Å². The van der Waals surface area contributed by atoms with Crippen molar-refractivity contribution in [2.75, 3.05) is 39.2 Å². The lowest BCUT2D eigenvalue weighted by atomic mass is 10.2. The van der Waals surface area contributed by atoms with E-state index in [-0.39, 0.29) is 5.91 Å². The third kappa shape index (κ3) is 3.33. The van der Waals surface area contributed by atoms with Crippen molar-refractivity contribution >= 4 is 23.2 Å². The van der Waals surface area contributed by atoms with Gasteiger partial charge in [0.1, 0.15) is 17.6 Å². The molecule has 0 spiro atoms. The Labute approximate surface area is 122 Å². The van der Waals surface area contributed by atoms with Crippen LogP contribution < -0.4 is 20.1 Å². The molecule has 6 nitrogen and oxygen atoms in total. The summed E-state index contributed by atoms with van der Waals surface area (Å²) in [5, 5.41) is 6.25. The second-order valence-corrected chi connectivity index (χ2v) is 4.65. The normalized spacial score (nSPS) is 18.4. The van der Waals surface area contributed by atoms with E-state index in [0.29, 0.717) is 35.4 Å². The Balaban J connectivity index is 2.15. The fourth-order valence-corrected chi connectivity index (χ4v) is 2.15. The van der Waals surface area contributed by atoms with E-state index in [1.807, 2.05) is 0 Å². The first-order valence-corrected chi connectivity index (χ1v) is 6.58. The second-order valence-electron chi connectivity index (χ2n) is 4.24. The molecule has 1 amide bonds. The third-order valence-electron chi connectivity index (χ3n) is 2.95. The number of halogens is 1. The van der Waals surface area contributed by atoms with Crippen LogP contribution in [0.15, 0.2) is 12.1 Å². The first kappa shape index (κ1) is 14.9. The molecular formula is C13H17ClN2O4. The van der Waals surface area contributed by atoms with Gasteiger partial charge >= 0.3 is 0 Å². The zero-order valence-corrected chi connectivity index (χ0v) is 12.1. The number of morpholine rings is 1. The van der Waals surface area contributed by atoms with Crippen molar-refractivity contribution in [3.8, 4) is 11.5 Å². The number of methoxy groups -OCH3 is 2. The molecule has 1 aliphatic heterocycles. The molecule has 1 fully saturated rings. The van der Waals surface area contributed by atoms with Gasteiger partial charge in [0, 0.05) is 19.2 Å². The second kappa shape index (κ2) is 6.78. The zero-order chi connectivity index (χ0) is 14.5. The number of carbonyl (C=O) groups excluding carboxylic acids is 1. The van der Waals surface area contributed by atoms with Gasteiger partial charge in [-0.1, -0.05) is 11.6 Å². The number of benzene rings is 1. The molecule has 20 heavy (non-hydrogen) atoms. The lowest BCUT2D eigenvalue weighted by Crippen LogP contribution is -2.45. The van der Waals surface area contributed by atoms with Gasteiger partial charge in [-0.2, -0.15) is 0 Å². The summed E-state index contributed by atoms with van der Waals surface area (Å²) in [7, 11) is 3.03. The number of carbonyl (C=O) groups is 1. The van der Waals surface area contributed by atoms with Gasteiger partial charge in [-0.05, 0) is 6.07 Å². The lowest BCUT2D eigenvalue weighted by Gasteiger charge is -2.23. The quantitative estimate of drug-likeness (QED) is 0.877. The van der Waals surface area contributed by atoms with E-state index >= 15 is 0 Å². The third-order valence-corrected chi connectivity index (χ3v) is 3.25. The van der Waals surface area contributed by atoms with Crippen LogP contribution in [0.4, 0.5) is 5.69 Å². The van der Waals surface area contributed by atoms with E-state index < -0.39 is 6.10 Å². The van der Waals surface area contributed by atoms with Gasteiger partial charge < -0.3 is 24.8 Å². The smallest absolute Gasteiger partial charge is 0.254 e. The maximum absolute atomic E-state index is 12.1. The van der Waals surface area contributed by atoms with Crippen LogP contribution in [0.3, 0.4) is 0 Å². The number of nitrogens with one attached hydrogen (secondary N) is 2. The van der Waals surface area contributed by atoms with Crippen molar-refractivity contribution < 1.29 is 19.0 Å². The fourth-order valence-electron chi connectivity index (χ4n) is 1.90. The fraction of sp³-hybridized carbons (Fsp3) is 0.462. The maximum Gasteiger partial charge on any atom is 0.254 e. The van der Waals surface area contributed by atoms with Gasteiger partial charge in [0.25, 0.3) is 5.91 Å². The monoisotopic (exact) mass is 300 g/mol. The number of ether oxygens (including phenoxy) is 3. The summed E-state index contributed by atoms with van der Waals surface area (Å²) in [5.41, 5.74) is 0.484. The number of amides is 1. The minimum atomic E-state index is -0.519. The van der Waals surface area contributed by atoms with E-state index in [9.17, 15) is 4.79 Å². The first-order valence-electron chi connectivity index (χ1n) is 6.20. The molecule has 0 aromatic heterocycles. The minimum absolute atomic E-state index is 0.239. The van der Waals surface area contributed by atoms with Crippen molar-refractivity contribution in [2.45, 2.75) is 6.10 Å². The number of rotatable bonds is 4. The molecule has 110 valence electrons. The first-order chi connectivity index (χ1) is 9.65. The number of hydrogen-bond acceptors (Lipinski definition) is 5. The molecule has 2 rings (SSSR count). The lowest BCUT2D eigenvalue weighted by molar-refractivity contribution is -0.128. The van der Waals surface area contributed by atoms with Gasteiger partial charge in [-0.15, -0.1) is 0 Å². The van der Waals surface area contributed by atoms with Gasteiger partial charge in [0.05, 0.1) is 31.5 Å². The van der Waals surface area contributed by atoms with Crippen LogP contribution in [-0.4, -0.2) is 45.9 Å². The molecule has 1 saturated heterocycles. The van der Waals surface area contributed by atoms with Crippen molar-refractivity contribution in [2.24, 2.45) is 0 Å². The molecule has 7 heteroatoms. The molecule has 1 unspecified atom stereocenters. The summed E-state index contributed by atoms with van der Waals surface area (Å²) < 4.78 is 15.7. The minimum Gasteiger partial charge on any atom is -0.495 e. The number of hydrogen-bond donors (Lipinski definition) is 2. The molecule has 1 heterocycles. The van der Waals surface area contributed by atoms with E-state index in [1.54, 1.807) is 12.1 Å². The summed E-state index contributed by atoms with van der Waals surface area (Å²) in [4.78, 5) is 12.1. The average Bonchev–Trinajstić information content (AvgIpc) is 2.48. The van der Waals surface area contributed by atoms with Crippen LogP contribution in [-0.2, 0) is 9.53 Å². The van der Waals surface area contributed by atoms with Crippen LogP contribution >= 0.6 is 11.6 Å². The largest absolute Gasteiger partial charge is 0.495 e. The molecule has 0 bridgehead atoms. The molecule has 1 aliphatic rings. The van der Waals surface area contributed by atoms with Crippen molar-refractivity contribution in [3.63, 3.8) is 0 Å². The molecule has 1 atom stereocenters. The van der Waals surface area contributed by atoms with Crippen LogP contribution in [0, 0.1) is 0 Å². The zero-order valence-electron chi connectivity index (χ0n) is 11.4. The SMILES string of the molecule is COc1cc(OC)c(NC(=O)C2CNCCO2)cc1Cl. The van der Waals surface area contributed by atoms with Crippen molar-refractivity contribution in [3.05, 3.63) is 17.2 Å². The van der Waals surface area contributed by atoms with E-state index in [0.717, 1.165) is 6.54 Å². The van der Waals surface area contributed by atoms with Gasteiger partial charge in [0.15, 0.2) is 0 Å². The Kier molecular flexibility index (Phi) is 5.05. The van der Waals surface area contributed by atoms with Gasteiger partial charge in [0.2, 0.25) is 0 Å². The molecule has 1 aromatic rings. The predicted octanol–water partition coefficient (Wildman–Crippen LogP) is 1.28. The van der Waals surface area contributed by atoms with Crippen LogP contribution in [0.25, 0.3) is 0 Å². The van der Waals surface area contributed by atoms with E-state index in [2.05, 4.69) is 10.6 Å². The highest BCUT2D eigenvalue weighted by Crippen LogP contribution is 2.35. The van der Waals surface area contributed by atoms with Crippen LogP contribution in [0.1, 0.15) is 0 Å². The molecule has 1 aromatic carbocycles. The highest BCUT2D eigenvalue weighted by molar-refractivity contribution is 6.32. The maximum atomic E-state index is 12.1. The van der Waals surface area contributed by atoms with E-state index in [1.165, 1.54) is 14.2 Å². The van der Waals surface area contributed by atoms with Gasteiger partial charge in [-0.3, -0.25) is 4.79 Å². The van der Waals surface area contributed by atoms with Gasteiger partial charge in [-0.25, -0.2) is 0 Å². The predicted molar refractivity (Wildman–Crippen MR) is 75.8 cm³/mol. The molecule has 0 aliphatic carbocycles. The number of anilines is 1. The average molecular weight is 301 g/mol. The van der Waals surface area contributed by atoms with Crippen LogP contribution in [0.2, 0.25) is 5.02 Å². The molecule has 0 saturated carbocycles. The Morgan fingerprint density at radius 2 is 2.15 bits per heavy atom. The summed E-state index contributed by atoms with van der Waals surface area (Å²) >= 11 is 6.05. The van der Waals surface area contributed by atoms with Crippen LogP contribution in [0.5, 0.6) is 11.5 Å². The molecule has 0 radical (unpaired) electrons. The highest BCUT2D eigenvalue weighted by Gasteiger charge is 2.23. The summed E-state index contributed by atoms with van der Waals surface area (Å²) in [6, 6.07) is 3.21. The Morgan fingerprint density at radius 3 is 2.75 bits per heavy atom. The van der Waals surface area contributed by atoms with Crippen molar-refractivity contribution in [1.82, 2.24) is 5.32 Å². The summed E-state index contributed by atoms with van der Waals surface area (Å²) in [6.07, 6.45) is -0.519. The van der Waals surface area contributed by atoms with E-state index in [4.69, 9.17) is 25.8 Å². The Bertz CT molecular complexity index is 490. The standard InChI is InChI=1S/C13H17ClN2O4/c1-18-10-6-11(19-2)9(5-8(10)14)16-13(17)12-7-15-3-4-20-12/h5-6,12,15H,3-4,7H2,1-2H3,(H,16,17). The highest BCUT2D eigenvalue weighted by atomic mass is 35.5.